The molecule has 1 aromatic carbocycles. The summed E-state index contributed by atoms with van der Waals surface area (Å²) in [5, 5.41) is 3.21. The highest BCUT2D eigenvalue weighted by molar-refractivity contribution is 6.07. The first-order valence-corrected chi connectivity index (χ1v) is 9.26. The molecule has 7 heteroatoms. The van der Waals surface area contributed by atoms with Crippen molar-refractivity contribution in [2.45, 2.75) is 18.9 Å². The molecule has 1 atom stereocenters. The number of hydrogen-bond donors (Lipinski definition) is 1. The molecule has 0 saturated carbocycles. The predicted molar refractivity (Wildman–Crippen MR) is 101 cm³/mol. The lowest BCUT2D eigenvalue weighted by atomic mass is 10.1. The van der Waals surface area contributed by atoms with Crippen LogP contribution < -0.4 is 10.1 Å². The second-order valence-corrected chi connectivity index (χ2v) is 6.73. The molecule has 2 heterocycles. The van der Waals surface area contributed by atoms with Gasteiger partial charge in [0, 0.05) is 37.8 Å². The summed E-state index contributed by atoms with van der Waals surface area (Å²) in [4.78, 5) is 40.4. The van der Waals surface area contributed by atoms with Crippen molar-refractivity contribution in [2.24, 2.45) is 0 Å². The molecule has 144 valence electrons. The van der Waals surface area contributed by atoms with E-state index in [2.05, 4.69) is 5.32 Å². The van der Waals surface area contributed by atoms with Gasteiger partial charge < -0.3 is 19.9 Å². The first kappa shape index (κ1) is 19.1. The number of piperazine rings is 1. The van der Waals surface area contributed by atoms with Crippen LogP contribution in [0.3, 0.4) is 0 Å². The number of ether oxygens (including phenoxy) is 1. The van der Waals surface area contributed by atoms with Gasteiger partial charge in [0.15, 0.2) is 5.78 Å². The lowest BCUT2D eigenvalue weighted by Crippen LogP contribution is -2.54. The van der Waals surface area contributed by atoms with E-state index in [1.807, 2.05) is 4.90 Å². The van der Waals surface area contributed by atoms with E-state index in [1.54, 1.807) is 36.3 Å². The third kappa shape index (κ3) is 4.74. The maximum atomic E-state index is 12.4. The first-order valence-electron chi connectivity index (χ1n) is 9.26. The van der Waals surface area contributed by atoms with Crippen molar-refractivity contribution in [2.75, 3.05) is 39.8 Å². The Morgan fingerprint density at radius 2 is 1.70 bits per heavy atom. The Labute approximate surface area is 159 Å². The number of hydrogen-bond acceptors (Lipinski definition) is 5. The average molecular weight is 371 g/mol. The number of allylic oxidation sites excluding steroid dienone is 1. The Bertz CT molecular complexity index is 715. The van der Waals surface area contributed by atoms with Crippen LogP contribution in [0.1, 0.15) is 23.2 Å². The zero-order valence-electron chi connectivity index (χ0n) is 15.5. The minimum absolute atomic E-state index is 0.0748. The largest absolute Gasteiger partial charge is 0.497 e. The maximum absolute atomic E-state index is 12.4. The van der Waals surface area contributed by atoms with Crippen molar-refractivity contribution in [1.29, 1.82) is 0 Å². The normalized spacial score (nSPS) is 20.1. The van der Waals surface area contributed by atoms with E-state index < -0.39 is 0 Å². The molecule has 2 amide bonds. The van der Waals surface area contributed by atoms with Gasteiger partial charge in [-0.3, -0.25) is 14.4 Å². The fourth-order valence-electron chi connectivity index (χ4n) is 3.37. The van der Waals surface area contributed by atoms with Crippen LogP contribution >= 0.6 is 0 Å². The maximum Gasteiger partial charge on any atom is 0.246 e. The highest BCUT2D eigenvalue weighted by Gasteiger charge is 2.29. The summed E-state index contributed by atoms with van der Waals surface area (Å²) in [7, 11) is 1.56. The number of nitrogens with zero attached hydrogens (tertiary/aromatic N) is 2. The third-order valence-corrected chi connectivity index (χ3v) is 5.01. The second kappa shape index (κ2) is 8.81. The van der Waals surface area contributed by atoms with Crippen molar-refractivity contribution >= 4 is 17.6 Å². The molecule has 0 radical (unpaired) electrons. The number of carbonyl (C=O) groups is 3. The van der Waals surface area contributed by atoms with Crippen LogP contribution in [0, 0.1) is 0 Å². The van der Waals surface area contributed by atoms with E-state index in [1.165, 1.54) is 12.2 Å². The van der Waals surface area contributed by atoms with Gasteiger partial charge in [-0.05, 0) is 49.7 Å². The molecule has 1 unspecified atom stereocenters. The topological polar surface area (TPSA) is 79.0 Å². The number of amides is 2. The molecular weight excluding hydrogens is 346 g/mol. The monoisotopic (exact) mass is 371 g/mol. The van der Waals surface area contributed by atoms with Crippen LogP contribution in [-0.4, -0.2) is 73.3 Å². The molecule has 1 N–H and O–H groups in total. The summed E-state index contributed by atoms with van der Waals surface area (Å²) < 4.78 is 5.06. The highest BCUT2D eigenvalue weighted by atomic mass is 16.5. The molecule has 0 spiro atoms. The fraction of sp³-hybridized carbons (Fsp3) is 0.450. The number of ketones is 1. The van der Waals surface area contributed by atoms with Crippen LogP contribution in [0.5, 0.6) is 5.75 Å². The van der Waals surface area contributed by atoms with Gasteiger partial charge in [-0.1, -0.05) is 0 Å². The Hall–Kier alpha value is -2.67. The Kier molecular flexibility index (Phi) is 6.24. The van der Waals surface area contributed by atoms with E-state index in [4.69, 9.17) is 4.74 Å². The van der Waals surface area contributed by atoms with Gasteiger partial charge in [0.25, 0.3) is 0 Å². The minimum Gasteiger partial charge on any atom is -0.497 e. The van der Waals surface area contributed by atoms with Crippen LogP contribution in [-0.2, 0) is 9.59 Å². The molecule has 1 aromatic rings. The number of methoxy groups -OCH3 is 1. The van der Waals surface area contributed by atoms with Gasteiger partial charge in [0.1, 0.15) is 5.75 Å². The summed E-state index contributed by atoms with van der Waals surface area (Å²) in [6.07, 6.45) is 4.52. The van der Waals surface area contributed by atoms with E-state index >= 15 is 0 Å². The smallest absolute Gasteiger partial charge is 0.246 e. The second-order valence-electron chi connectivity index (χ2n) is 6.73. The van der Waals surface area contributed by atoms with Crippen LogP contribution in [0.4, 0.5) is 0 Å². The molecule has 27 heavy (non-hydrogen) atoms. The van der Waals surface area contributed by atoms with Crippen molar-refractivity contribution in [3.05, 3.63) is 42.0 Å². The zero-order chi connectivity index (χ0) is 19.2. The molecule has 2 aliphatic heterocycles. The first-order chi connectivity index (χ1) is 13.1. The molecule has 0 aliphatic carbocycles. The van der Waals surface area contributed by atoms with E-state index in [0.717, 1.165) is 19.4 Å². The van der Waals surface area contributed by atoms with Crippen LogP contribution in [0.2, 0.25) is 0 Å². The van der Waals surface area contributed by atoms with E-state index in [0.29, 0.717) is 37.5 Å². The zero-order valence-corrected chi connectivity index (χ0v) is 15.5. The van der Waals surface area contributed by atoms with Gasteiger partial charge in [-0.25, -0.2) is 0 Å². The van der Waals surface area contributed by atoms with Gasteiger partial charge in [0.05, 0.1) is 13.2 Å². The van der Waals surface area contributed by atoms with Crippen LogP contribution in [0.25, 0.3) is 0 Å². The van der Waals surface area contributed by atoms with E-state index in [-0.39, 0.29) is 23.6 Å². The lowest BCUT2D eigenvalue weighted by Gasteiger charge is -2.35. The minimum atomic E-state index is -0.230. The van der Waals surface area contributed by atoms with Crippen LogP contribution in [0.15, 0.2) is 36.4 Å². The summed E-state index contributed by atoms with van der Waals surface area (Å²) in [5.41, 5.74) is 0.499. The van der Waals surface area contributed by atoms with Gasteiger partial charge in [-0.15, -0.1) is 0 Å². The summed E-state index contributed by atoms with van der Waals surface area (Å²) in [6, 6.07) is 6.67. The van der Waals surface area contributed by atoms with Crippen molar-refractivity contribution in [3.8, 4) is 5.75 Å². The Balaban J connectivity index is 1.49. The third-order valence-electron chi connectivity index (χ3n) is 5.01. The quantitative estimate of drug-likeness (QED) is 0.613. The lowest BCUT2D eigenvalue weighted by molar-refractivity contribution is -0.138. The number of nitrogens with one attached hydrogen (secondary N) is 1. The van der Waals surface area contributed by atoms with Crippen molar-refractivity contribution < 1.29 is 19.1 Å². The van der Waals surface area contributed by atoms with E-state index in [9.17, 15) is 14.4 Å². The summed E-state index contributed by atoms with van der Waals surface area (Å²) >= 11 is 0. The highest BCUT2D eigenvalue weighted by Crippen LogP contribution is 2.13. The predicted octanol–water partition coefficient (Wildman–Crippen LogP) is 0.857. The van der Waals surface area contributed by atoms with Gasteiger partial charge >= 0.3 is 0 Å². The molecule has 3 rings (SSSR count). The number of rotatable bonds is 5. The standard InChI is InChI=1S/C20H25N3O4/c1-27-16-6-4-15(5-7-16)18(24)8-9-19(25)22-11-13-23(14-12-22)20(26)17-3-2-10-21-17/h4-9,17,21H,2-3,10-14H2,1H3/b9-8+. The molecule has 0 aromatic heterocycles. The van der Waals surface area contributed by atoms with Gasteiger partial charge in [-0.2, -0.15) is 0 Å². The summed E-state index contributed by atoms with van der Waals surface area (Å²) in [6.45, 7) is 2.92. The Morgan fingerprint density at radius 3 is 2.30 bits per heavy atom. The van der Waals surface area contributed by atoms with Gasteiger partial charge in [0.2, 0.25) is 11.8 Å². The van der Waals surface area contributed by atoms with Crippen molar-refractivity contribution in [3.63, 3.8) is 0 Å². The fourth-order valence-corrected chi connectivity index (χ4v) is 3.37. The molecule has 2 aliphatic rings. The molecule has 0 bridgehead atoms. The van der Waals surface area contributed by atoms with Crippen molar-refractivity contribution in [1.82, 2.24) is 15.1 Å². The number of benzene rings is 1. The Morgan fingerprint density at radius 1 is 1.04 bits per heavy atom. The molecule has 2 fully saturated rings. The molecule has 2 saturated heterocycles. The molecule has 7 nitrogen and oxygen atoms in total. The molecular formula is C20H25N3O4. The SMILES string of the molecule is COc1ccc(C(=O)/C=C/C(=O)N2CCN(C(=O)C3CCCN3)CC2)cc1. The average Bonchev–Trinajstić information content (AvgIpc) is 3.26. The number of carbonyl (C=O) groups excluding carboxylic acids is 3. The summed E-state index contributed by atoms with van der Waals surface area (Å²) in [5.74, 6) is 0.367.